The molecule has 0 rings (SSSR count). The molecule has 0 aromatic carbocycles. The number of nitrogens with two attached hydrogens (primary N) is 1. The number of rotatable bonds is 2. The van der Waals surface area contributed by atoms with E-state index in [0.717, 1.165) is 17.8 Å². The first-order valence-corrected chi connectivity index (χ1v) is 2.91. The second-order valence-electron chi connectivity index (χ2n) is 1.12. The summed E-state index contributed by atoms with van der Waals surface area (Å²) in [4.78, 5) is 9.77. The predicted molar refractivity (Wildman–Crippen MR) is 46.6 cm³/mol. The lowest BCUT2D eigenvalue weighted by Crippen LogP contribution is -2.01. The minimum atomic E-state index is -1.04. The average molecular weight is 227 g/mol. The zero-order valence-corrected chi connectivity index (χ0v) is 7.43. The summed E-state index contributed by atoms with van der Waals surface area (Å²) in [5, 5.41) is 15.8. The van der Waals surface area contributed by atoms with Crippen LogP contribution in [0.25, 0.3) is 0 Å². The fourth-order valence-corrected chi connectivity index (χ4v) is 0.497. The van der Waals surface area contributed by atoms with E-state index in [9.17, 15) is 4.79 Å². The molecule has 0 saturated heterocycles. The average Bonchev–Trinajstić information content (AvgIpc) is 1.63. The fraction of sp³-hybridized carbons (Fsp3) is 0. The Labute approximate surface area is 72.8 Å². The second-order valence-corrected chi connectivity index (χ2v) is 2.07. The van der Waals surface area contributed by atoms with E-state index < -0.39 is 5.97 Å². The van der Waals surface area contributed by atoms with E-state index in [-0.39, 0.29) is 22.1 Å². The van der Waals surface area contributed by atoms with E-state index in [1.165, 1.54) is 5.41 Å². The molecule has 0 aromatic heterocycles. The summed E-state index contributed by atoms with van der Waals surface area (Å²) in [6, 6.07) is 0. The van der Waals surface area contributed by atoms with Crippen LogP contribution in [-0.2, 0) is 4.79 Å². The van der Waals surface area contributed by atoms with Crippen LogP contribution in [0.1, 0.15) is 0 Å². The number of amidine groups is 1. The molecule has 0 fully saturated rings. The van der Waals surface area contributed by atoms with Crippen LogP contribution >= 0.6 is 28.7 Å². The van der Waals surface area contributed by atoms with Crippen LogP contribution in [0.5, 0.6) is 0 Å². The number of halogens is 1. The molecule has 0 bridgehead atoms. The lowest BCUT2D eigenvalue weighted by Gasteiger charge is -1.84. The number of aliphatic carboxylic acids is 1. The van der Waals surface area contributed by atoms with E-state index in [2.05, 4.69) is 0 Å². The van der Waals surface area contributed by atoms with Gasteiger partial charge < -0.3 is 10.8 Å². The van der Waals surface area contributed by atoms with Crippen molar-refractivity contribution in [2.45, 2.75) is 0 Å². The molecular formula is C4H7BrN2O2S. The topological polar surface area (TPSA) is 87.2 Å². The maximum atomic E-state index is 9.77. The van der Waals surface area contributed by atoms with Crippen LogP contribution in [0, 0.1) is 5.41 Å². The van der Waals surface area contributed by atoms with Crippen molar-refractivity contribution in [2.24, 2.45) is 5.73 Å². The Kier molecular flexibility index (Phi) is 8.09. The van der Waals surface area contributed by atoms with Gasteiger partial charge in [0.2, 0.25) is 0 Å². The first kappa shape index (κ1) is 12.2. The van der Waals surface area contributed by atoms with Gasteiger partial charge in [-0.15, -0.1) is 17.0 Å². The Morgan fingerprint density at radius 2 is 2.20 bits per heavy atom. The standard InChI is InChI=1S/C4H6N2O2S.BrH/c5-4(6)9-2-1-3(7)8;/h1-2H,(H3,5,6)(H,7,8);1H/b2-1+;. The van der Waals surface area contributed by atoms with Gasteiger partial charge in [-0.1, -0.05) is 11.8 Å². The lowest BCUT2D eigenvalue weighted by atomic mass is 10.7. The van der Waals surface area contributed by atoms with Crippen LogP contribution in [0.3, 0.4) is 0 Å². The highest BCUT2D eigenvalue weighted by Gasteiger charge is 1.85. The van der Waals surface area contributed by atoms with Gasteiger partial charge >= 0.3 is 5.97 Å². The first-order valence-electron chi connectivity index (χ1n) is 2.03. The third-order valence-corrected chi connectivity index (χ3v) is 0.932. The maximum Gasteiger partial charge on any atom is 0.328 e. The van der Waals surface area contributed by atoms with Gasteiger partial charge in [-0.05, 0) is 5.41 Å². The van der Waals surface area contributed by atoms with Crippen molar-refractivity contribution in [2.75, 3.05) is 0 Å². The number of hydrogen-bond acceptors (Lipinski definition) is 3. The third kappa shape index (κ3) is 10.5. The normalized spacial score (nSPS) is 8.80. The van der Waals surface area contributed by atoms with Crippen LogP contribution in [0.15, 0.2) is 11.5 Å². The van der Waals surface area contributed by atoms with Gasteiger partial charge in [-0.3, -0.25) is 5.41 Å². The summed E-state index contributed by atoms with van der Waals surface area (Å²) in [5.74, 6) is -1.04. The largest absolute Gasteiger partial charge is 0.478 e. The molecule has 0 heterocycles. The molecule has 0 aliphatic heterocycles. The molecule has 0 atom stereocenters. The van der Waals surface area contributed by atoms with Gasteiger partial charge in [-0.2, -0.15) is 0 Å². The fourth-order valence-electron chi connectivity index (χ4n) is 0.166. The van der Waals surface area contributed by atoms with Gasteiger partial charge in [-0.25, -0.2) is 4.79 Å². The molecule has 0 radical (unpaired) electrons. The van der Waals surface area contributed by atoms with E-state index in [1.54, 1.807) is 0 Å². The summed E-state index contributed by atoms with van der Waals surface area (Å²) in [6.45, 7) is 0. The minimum absolute atomic E-state index is 0. The molecule has 4 N–H and O–H groups in total. The van der Waals surface area contributed by atoms with Crippen molar-refractivity contribution in [3.8, 4) is 0 Å². The van der Waals surface area contributed by atoms with Gasteiger partial charge in [0, 0.05) is 6.08 Å². The van der Waals surface area contributed by atoms with E-state index >= 15 is 0 Å². The molecule has 0 aliphatic rings. The van der Waals surface area contributed by atoms with E-state index in [4.69, 9.17) is 16.2 Å². The number of carbonyl (C=O) groups is 1. The molecule has 10 heavy (non-hydrogen) atoms. The van der Waals surface area contributed by atoms with Gasteiger partial charge in [0.05, 0.1) is 0 Å². The van der Waals surface area contributed by atoms with Crippen molar-refractivity contribution in [3.63, 3.8) is 0 Å². The molecule has 0 aromatic rings. The molecule has 58 valence electrons. The Balaban J connectivity index is 0. The van der Waals surface area contributed by atoms with E-state index in [0.29, 0.717) is 0 Å². The predicted octanol–water partition coefficient (Wildman–Crippen LogP) is 0.789. The molecular weight excluding hydrogens is 220 g/mol. The van der Waals surface area contributed by atoms with Crippen molar-refractivity contribution in [3.05, 3.63) is 11.5 Å². The Bertz CT molecular complexity index is 159. The zero-order chi connectivity index (χ0) is 7.28. The van der Waals surface area contributed by atoms with E-state index in [1.807, 2.05) is 0 Å². The molecule has 0 saturated carbocycles. The Morgan fingerprint density at radius 1 is 1.70 bits per heavy atom. The lowest BCUT2D eigenvalue weighted by molar-refractivity contribution is -0.131. The highest BCUT2D eigenvalue weighted by molar-refractivity contribution is 8.93. The molecule has 0 amide bonds. The van der Waals surface area contributed by atoms with Crippen molar-refractivity contribution in [1.29, 1.82) is 5.41 Å². The smallest absolute Gasteiger partial charge is 0.328 e. The highest BCUT2D eigenvalue weighted by atomic mass is 79.9. The first-order chi connectivity index (χ1) is 4.13. The monoisotopic (exact) mass is 226 g/mol. The van der Waals surface area contributed by atoms with Crippen LogP contribution in [0.2, 0.25) is 0 Å². The summed E-state index contributed by atoms with van der Waals surface area (Å²) in [6.07, 6.45) is 0.923. The summed E-state index contributed by atoms with van der Waals surface area (Å²) in [7, 11) is 0. The number of carboxylic acid groups (broad SMARTS) is 1. The minimum Gasteiger partial charge on any atom is -0.478 e. The summed E-state index contributed by atoms with van der Waals surface area (Å²) in [5.41, 5.74) is 4.88. The maximum absolute atomic E-state index is 9.77. The quantitative estimate of drug-likeness (QED) is 0.369. The number of hydrogen-bond donors (Lipinski definition) is 3. The Hall–Kier alpha value is -0.490. The summed E-state index contributed by atoms with van der Waals surface area (Å²) >= 11 is 0.859. The number of nitrogens with one attached hydrogen (secondary N) is 1. The summed E-state index contributed by atoms with van der Waals surface area (Å²) < 4.78 is 0. The third-order valence-electron chi connectivity index (χ3n) is 0.406. The van der Waals surface area contributed by atoms with Gasteiger partial charge in [0.1, 0.15) is 0 Å². The van der Waals surface area contributed by atoms with Gasteiger partial charge in [0.15, 0.2) is 5.17 Å². The SMILES string of the molecule is Br.N=C(N)S/C=C/C(=O)O. The van der Waals surface area contributed by atoms with Crippen LogP contribution < -0.4 is 5.73 Å². The second kappa shape index (κ2) is 6.63. The number of carboxylic acids is 1. The van der Waals surface area contributed by atoms with Crippen LogP contribution in [0.4, 0.5) is 0 Å². The number of thioether (sulfide) groups is 1. The molecule has 6 heteroatoms. The van der Waals surface area contributed by atoms with Crippen molar-refractivity contribution < 1.29 is 9.90 Å². The Morgan fingerprint density at radius 3 is 2.50 bits per heavy atom. The zero-order valence-electron chi connectivity index (χ0n) is 4.90. The van der Waals surface area contributed by atoms with Gasteiger partial charge in [0.25, 0.3) is 0 Å². The molecule has 0 spiro atoms. The molecule has 0 unspecified atom stereocenters. The molecule has 4 nitrogen and oxygen atoms in total. The van der Waals surface area contributed by atoms with Crippen molar-refractivity contribution >= 4 is 39.9 Å². The van der Waals surface area contributed by atoms with Crippen molar-refractivity contribution in [1.82, 2.24) is 0 Å². The highest BCUT2D eigenvalue weighted by Crippen LogP contribution is 1.97. The molecule has 0 aliphatic carbocycles. The van der Waals surface area contributed by atoms with Crippen LogP contribution in [-0.4, -0.2) is 16.2 Å².